The average molecular weight is 370 g/mol. The number of benzene rings is 1. The molecule has 2 saturated heterocycles. The highest BCUT2D eigenvalue weighted by Crippen LogP contribution is 2.36. The first kappa shape index (κ1) is 17.9. The lowest BCUT2D eigenvalue weighted by Crippen LogP contribution is -2.66. The van der Waals surface area contributed by atoms with Crippen LogP contribution in [0.1, 0.15) is 18.4 Å². The van der Waals surface area contributed by atoms with Gasteiger partial charge in [0.2, 0.25) is 11.9 Å². The number of carbonyl (C=O) groups is 1. The Bertz CT molecular complexity index is 786. The van der Waals surface area contributed by atoms with E-state index in [1.807, 2.05) is 0 Å². The van der Waals surface area contributed by atoms with E-state index in [1.165, 1.54) is 6.07 Å². The fraction of sp³-hybridized carbons (Fsp3) is 0.450. The van der Waals surface area contributed by atoms with Gasteiger partial charge in [-0.25, -0.2) is 14.4 Å². The van der Waals surface area contributed by atoms with E-state index in [4.69, 9.17) is 4.74 Å². The van der Waals surface area contributed by atoms with Gasteiger partial charge in [-0.2, -0.15) is 0 Å². The maximum atomic E-state index is 13.7. The van der Waals surface area contributed by atoms with Crippen LogP contribution in [0, 0.1) is 11.7 Å². The number of rotatable bonds is 5. The Morgan fingerprint density at radius 2 is 2.04 bits per heavy atom. The molecule has 2 fully saturated rings. The summed E-state index contributed by atoms with van der Waals surface area (Å²) in [5.41, 5.74) is 0.229. The Morgan fingerprint density at radius 3 is 2.74 bits per heavy atom. The molecule has 0 aliphatic carbocycles. The summed E-state index contributed by atoms with van der Waals surface area (Å²) in [6, 6.07) is 8.22. The minimum absolute atomic E-state index is 0.0423. The molecule has 1 aromatic carbocycles. The molecule has 142 valence electrons. The number of hydrogen-bond acceptors (Lipinski definition) is 5. The van der Waals surface area contributed by atoms with E-state index in [0.29, 0.717) is 37.1 Å². The van der Waals surface area contributed by atoms with Gasteiger partial charge in [-0.1, -0.05) is 18.2 Å². The van der Waals surface area contributed by atoms with Gasteiger partial charge >= 0.3 is 0 Å². The Morgan fingerprint density at radius 1 is 1.26 bits per heavy atom. The first-order chi connectivity index (χ1) is 13.1. The van der Waals surface area contributed by atoms with E-state index < -0.39 is 0 Å². The number of ether oxygens (including phenoxy) is 1. The van der Waals surface area contributed by atoms with E-state index in [0.717, 1.165) is 19.4 Å². The number of aromatic nitrogens is 2. The summed E-state index contributed by atoms with van der Waals surface area (Å²) in [6.45, 7) is 2.63. The van der Waals surface area contributed by atoms with Crippen LogP contribution in [0.25, 0.3) is 0 Å². The Balaban J connectivity index is 1.21. The zero-order valence-electron chi connectivity index (χ0n) is 15.1. The highest BCUT2D eigenvalue weighted by Gasteiger charge is 2.48. The van der Waals surface area contributed by atoms with Crippen molar-refractivity contribution in [3.63, 3.8) is 0 Å². The zero-order valence-corrected chi connectivity index (χ0v) is 15.1. The van der Waals surface area contributed by atoms with Crippen molar-refractivity contribution in [2.24, 2.45) is 5.92 Å². The molecular weight excluding hydrogens is 347 g/mol. The first-order valence-corrected chi connectivity index (χ1v) is 9.30. The smallest absolute Gasteiger partial charge is 0.227 e. The lowest BCUT2D eigenvalue weighted by atomic mass is 9.82. The van der Waals surface area contributed by atoms with Crippen LogP contribution < -0.4 is 5.32 Å². The number of amides is 1. The van der Waals surface area contributed by atoms with E-state index >= 15 is 0 Å². The molecule has 2 aliphatic heterocycles. The number of halogens is 1. The van der Waals surface area contributed by atoms with Crippen molar-refractivity contribution in [3.05, 3.63) is 54.1 Å². The second kappa shape index (κ2) is 7.60. The third kappa shape index (κ3) is 4.08. The molecule has 1 atom stereocenters. The molecule has 3 heterocycles. The molecule has 1 amide bonds. The summed E-state index contributed by atoms with van der Waals surface area (Å²) >= 11 is 0. The van der Waals surface area contributed by atoms with Crippen LogP contribution in [0.4, 0.5) is 10.3 Å². The maximum Gasteiger partial charge on any atom is 0.227 e. The lowest BCUT2D eigenvalue weighted by molar-refractivity contribution is -0.187. The molecule has 0 saturated carbocycles. The van der Waals surface area contributed by atoms with Gasteiger partial charge in [-0.05, 0) is 36.5 Å². The molecule has 7 heteroatoms. The highest BCUT2D eigenvalue weighted by atomic mass is 19.1. The van der Waals surface area contributed by atoms with Gasteiger partial charge in [0.15, 0.2) is 0 Å². The van der Waals surface area contributed by atoms with Crippen molar-refractivity contribution in [1.29, 1.82) is 0 Å². The molecule has 1 spiro atoms. The molecule has 27 heavy (non-hydrogen) atoms. The highest BCUT2D eigenvalue weighted by molar-refractivity contribution is 5.80. The van der Waals surface area contributed by atoms with E-state index in [9.17, 15) is 9.18 Å². The first-order valence-electron chi connectivity index (χ1n) is 9.30. The van der Waals surface area contributed by atoms with E-state index in [-0.39, 0.29) is 23.7 Å². The summed E-state index contributed by atoms with van der Waals surface area (Å²) in [7, 11) is 0. The van der Waals surface area contributed by atoms with Gasteiger partial charge in [0.25, 0.3) is 0 Å². The van der Waals surface area contributed by atoms with Crippen LogP contribution in [0.5, 0.6) is 0 Å². The molecule has 2 aliphatic rings. The molecule has 1 unspecified atom stereocenters. The van der Waals surface area contributed by atoms with Crippen molar-refractivity contribution >= 4 is 11.9 Å². The summed E-state index contributed by atoms with van der Waals surface area (Å²) in [4.78, 5) is 22.5. The van der Waals surface area contributed by atoms with Crippen LogP contribution in [0.15, 0.2) is 42.7 Å². The van der Waals surface area contributed by atoms with E-state index in [1.54, 1.807) is 41.6 Å². The average Bonchev–Trinajstić information content (AvgIpc) is 2.67. The molecule has 4 rings (SSSR count). The van der Waals surface area contributed by atoms with Gasteiger partial charge in [0, 0.05) is 18.9 Å². The summed E-state index contributed by atoms with van der Waals surface area (Å²) < 4.78 is 19.8. The Labute approximate surface area is 157 Å². The van der Waals surface area contributed by atoms with Gasteiger partial charge in [-0.15, -0.1) is 0 Å². The molecule has 1 N–H and O–H groups in total. The van der Waals surface area contributed by atoms with Gasteiger partial charge in [0.05, 0.1) is 26.1 Å². The molecular formula is C20H23FN4O2. The summed E-state index contributed by atoms with van der Waals surface area (Å²) in [5, 5.41) is 3.24. The predicted octanol–water partition coefficient (Wildman–Crippen LogP) is 2.28. The normalized spacial score (nSPS) is 20.9. The van der Waals surface area contributed by atoms with Crippen LogP contribution in [-0.2, 0) is 16.0 Å². The molecule has 0 radical (unpaired) electrons. The van der Waals surface area contributed by atoms with E-state index in [2.05, 4.69) is 15.3 Å². The summed E-state index contributed by atoms with van der Waals surface area (Å²) in [5.74, 6) is 0.668. The fourth-order valence-corrected chi connectivity index (χ4v) is 3.70. The number of likely N-dealkylation sites (tertiary alicyclic amines) is 1. The van der Waals surface area contributed by atoms with Crippen molar-refractivity contribution < 1.29 is 13.9 Å². The maximum absolute atomic E-state index is 13.7. The van der Waals surface area contributed by atoms with Crippen molar-refractivity contribution in [2.75, 3.05) is 31.6 Å². The number of carbonyl (C=O) groups excluding carboxylic acids is 1. The third-order valence-electron chi connectivity index (χ3n) is 5.36. The quantitative estimate of drug-likeness (QED) is 0.875. The van der Waals surface area contributed by atoms with Crippen LogP contribution >= 0.6 is 0 Å². The van der Waals surface area contributed by atoms with Gasteiger partial charge in [-0.3, -0.25) is 4.79 Å². The molecule has 6 nitrogen and oxygen atoms in total. The predicted molar refractivity (Wildman–Crippen MR) is 98.6 cm³/mol. The minimum Gasteiger partial charge on any atom is -0.371 e. The number of hydrogen-bond donors (Lipinski definition) is 1. The number of nitrogens with zero attached hydrogens (tertiary/aromatic N) is 3. The number of nitrogens with one attached hydrogen (secondary N) is 1. The SMILES string of the molecule is O=C(Cc1ccccc1F)N1CC2(CCC(CNc3ncccn3)CO2)C1. The lowest BCUT2D eigenvalue weighted by Gasteiger charge is -2.52. The van der Waals surface area contributed by atoms with Gasteiger partial charge in [0.1, 0.15) is 11.4 Å². The van der Waals surface area contributed by atoms with Gasteiger partial charge < -0.3 is 15.0 Å². The van der Waals surface area contributed by atoms with Crippen molar-refractivity contribution in [1.82, 2.24) is 14.9 Å². The topological polar surface area (TPSA) is 67.4 Å². The molecule has 1 aromatic heterocycles. The van der Waals surface area contributed by atoms with Crippen molar-refractivity contribution in [3.8, 4) is 0 Å². The molecule has 0 bridgehead atoms. The second-order valence-electron chi connectivity index (χ2n) is 7.37. The molecule has 2 aromatic rings. The monoisotopic (exact) mass is 370 g/mol. The minimum atomic E-state index is -0.326. The fourth-order valence-electron chi connectivity index (χ4n) is 3.70. The standard InChI is InChI=1S/C20H23FN4O2/c21-17-5-2-1-4-16(17)10-18(26)25-13-20(14-25)7-6-15(12-27-20)11-24-19-22-8-3-9-23-19/h1-5,8-9,15H,6-7,10-14H2,(H,22,23,24). The van der Waals surface area contributed by atoms with Crippen LogP contribution in [-0.4, -0.2) is 52.6 Å². The Kier molecular flexibility index (Phi) is 5.03. The summed E-state index contributed by atoms with van der Waals surface area (Å²) in [6.07, 6.45) is 5.49. The zero-order chi connectivity index (χ0) is 18.7. The van der Waals surface area contributed by atoms with Crippen LogP contribution in [0.3, 0.4) is 0 Å². The number of anilines is 1. The van der Waals surface area contributed by atoms with Crippen molar-refractivity contribution in [2.45, 2.75) is 24.9 Å². The Hall–Kier alpha value is -2.54. The third-order valence-corrected chi connectivity index (χ3v) is 5.36. The van der Waals surface area contributed by atoms with Crippen LogP contribution in [0.2, 0.25) is 0 Å². The largest absolute Gasteiger partial charge is 0.371 e. The second-order valence-corrected chi connectivity index (χ2v) is 7.37.